The maximum atomic E-state index is 15.2. The summed E-state index contributed by atoms with van der Waals surface area (Å²) in [5.74, 6) is -2.87. The van der Waals surface area contributed by atoms with Crippen LogP contribution in [0.1, 0.15) is 40.3 Å². The lowest BCUT2D eigenvalue weighted by atomic mass is 9.96. The number of imidazole rings is 1. The number of nitrogens with one attached hydrogen (secondary N) is 2. The summed E-state index contributed by atoms with van der Waals surface area (Å²) in [7, 11) is 1.60. The summed E-state index contributed by atoms with van der Waals surface area (Å²) in [6.07, 6.45) is -2.49. The summed E-state index contributed by atoms with van der Waals surface area (Å²) in [5, 5.41) is 15.6. The molecule has 3 rings (SSSR count). The molecular weight excluding hydrogens is 374 g/mol. The zero-order valence-corrected chi connectivity index (χ0v) is 16.3. The third-order valence-electron chi connectivity index (χ3n) is 4.89. The molecule has 0 aromatic carbocycles. The number of anilines is 2. The Morgan fingerprint density at radius 3 is 2.64 bits per heavy atom. The number of carbonyl (C=O) groups is 1. The number of ether oxygens (including phenoxy) is 1. The Bertz CT molecular complexity index is 902. The third-order valence-corrected chi connectivity index (χ3v) is 4.89. The van der Waals surface area contributed by atoms with Crippen LogP contribution in [0.25, 0.3) is 11.2 Å². The molecule has 1 amide bonds. The number of alkyl halides is 2. The van der Waals surface area contributed by atoms with Gasteiger partial charge in [0.2, 0.25) is 17.7 Å². The minimum absolute atomic E-state index is 0.0154. The minimum atomic E-state index is -2.54. The van der Waals surface area contributed by atoms with Crippen molar-refractivity contribution in [2.24, 2.45) is 5.92 Å². The van der Waals surface area contributed by atoms with Crippen molar-refractivity contribution in [3.05, 3.63) is 6.33 Å². The smallest absolute Gasteiger partial charge is 0.240 e. The van der Waals surface area contributed by atoms with Crippen molar-refractivity contribution >= 4 is 28.8 Å². The molecule has 0 aliphatic carbocycles. The van der Waals surface area contributed by atoms with Crippen LogP contribution >= 0.6 is 0 Å². The van der Waals surface area contributed by atoms with Gasteiger partial charge in [-0.2, -0.15) is 9.97 Å². The van der Waals surface area contributed by atoms with Gasteiger partial charge in [-0.25, -0.2) is 13.8 Å². The first-order valence-corrected chi connectivity index (χ1v) is 9.02. The summed E-state index contributed by atoms with van der Waals surface area (Å²) in [5.41, 5.74) is -2.03. The molecular formula is C17H24F2N6O3. The molecule has 154 valence electrons. The molecule has 0 saturated carbocycles. The van der Waals surface area contributed by atoms with E-state index >= 15 is 4.39 Å². The Kier molecular flexibility index (Phi) is 5.00. The predicted molar refractivity (Wildman–Crippen MR) is 98.1 cm³/mol. The highest BCUT2D eigenvalue weighted by molar-refractivity contribution is 5.92. The molecule has 0 bridgehead atoms. The highest BCUT2D eigenvalue weighted by atomic mass is 19.2. The number of amides is 1. The quantitative estimate of drug-likeness (QED) is 0.707. The molecule has 1 saturated heterocycles. The number of hydrogen-bond donors (Lipinski definition) is 3. The van der Waals surface area contributed by atoms with E-state index in [0.29, 0.717) is 5.82 Å². The summed E-state index contributed by atoms with van der Waals surface area (Å²) < 4.78 is 36.5. The van der Waals surface area contributed by atoms with Gasteiger partial charge in [-0.3, -0.25) is 14.7 Å². The minimum Gasteiger partial charge on any atom is -0.384 e. The average molecular weight is 398 g/mol. The Labute approximate surface area is 160 Å². The van der Waals surface area contributed by atoms with E-state index in [-0.39, 0.29) is 35.4 Å². The van der Waals surface area contributed by atoms with Gasteiger partial charge in [0.25, 0.3) is 0 Å². The molecule has 11 heteroatoms. The molecule has 3 heterocycles. The third kappa shape index (κ3) is 3.08. The second-order valence-corrected chi connectivity index (χ2v) is 7.28. The number of hydrogen-bond acceptors (Lipinski definition) is 7. The van der Waals surface area contributed by atoms with Crippen LogP contribution in [-0.4, -0.2) is 55.2 Å². The van der Waals surface area contributed by atoms with Gasteiger partial charge in [0.1, 0.15) is 0 Å². The zero-order chi connectivity index (χ0) is 20.9. The van der Waals surface area contributed by atoms with Crippen LogP contribution in [-0.2, 0) is 9.53 Å². The molecule has 0 spiro atoms. The number of rotatable bonds is 5. The van der Waals surface area contributed by atoms with E-state index in [2.05, 4.69) is 25.6 Å². The first-order chi connectivity index (χ1) is 13.0. The van der Waals surface area contributed by atoms with Crippen molar-refractivity contribution in [2.45, 2.75) is 58.0 Å². The maximum absolute atomic E-state index is 15.2. The SMILES string of the molecule is CC[C@@]1(F)O[C@@H](n2cnc3c(NC)nc(NC(=O)C(C)C)nc32)[C@](C)(F)[C@@H]1O. The second kappa shape index (κ2) is 6.89. The van der Waals surface area contributed by atoms with E-state index in [9.17, 15) is 14.3 Å². The van der Waals surface area contributed by atoms with Gasteiger partial charge < -0.3 is 15.2 Å². The highest BCUT2D eigenvalue weighted by Crippen LogP contribution is 2.49. The zero-order valence-electron chi connectivity index (χ0n) is 16.3. The van der Waals surface area contributed by atoms with Crippen LogP contribution in [0.4, 0.5) is 20.5 Å². The van der Waals surface area contributed by atoms with Gasteiger partial charge in [0, 0.05) is 19.4 Å². The molecule has 0 unspecified atom stereocenters. The predicted octanol–water partition coefficient (Wildman–Crippen LogP) is 2.16. The summed E-state index contributed by atoms with van der Waals surface area (Å²) >= 11 is 0. The number of nitrogens with zero attached hydrogens (tertiary/aromatic N) is 4. The first-order valence-electron chi connectivity index (χ1n) is 9.02. The van der Waals surface area contributed by atoms with Gasteiger partial charge in [-0.15, -0.1) is 0 Å². The van der Waals surface area contributed by atoms with Crippen molar-refractivity contribution in [1.29, 1.82) is 0 Å². The van der Waals surface area contributed by atoms with Crippen molar-refractivity contribution in [2.75, 3.05) is 17.7 Å². The standard InChI is InChI=1S/C17H24F2N6O3/c1-6-17(19)13(27)16(4,18)14(28-17)25-7-21-9-10(20-5)22-15(23-11(9)25)24-12(26)8(2)3/h7-8,13-14,27H,6H2,1-5H3,(H2,20,22,23,24,26)/t13-,14+,16+,17+/m0/s1. The molecule has 9 nitrogen and oxygen atoms in total. The van der Waals surface area contributed by atoms with Gasteiger partial charge >= 0.3 is 0 Å². The van der Waals surface area contributed by atoms with Crippen LogP contribution in [0.5, 0.6) is 0 Å². The van der Waals surface area contributed by atoms with Crippen molar-refractivity contribution < 1.29 is 23.4 Å². The lowest BCUT2D eigenvalue weighted by molar-refractivity contribution is -0.187. The molecule has 1 aliphatic rings. The fourth-order valence-electron chi connectivity index (χ4n) is 3.10. The van der Waals surface area contributed by atoms with Crippen LogP contribution < -0.4 is 10.6 Å². The molecule has 0 radical (unpaired) electrons. The molecule has 1 fully saturated rings. The van der Waals surface area contributed by atoms with Crippen molar-refractivity contribution in [3.8, 4) is 0 Å². The largest absolute Gasteiger partial charge is 0.384 e. The van der Waals surface area contributed by atoms with Crippen LogP contribution in [0.15, 0.2) is 6.33 Å². The Morgan fingerprint density at radius 2 is 2.11 bits per heavy atom. The van der Waals surface area contributed by atoms with Gasteiger partial charge in [0.05, 0.1) is 6.33 Å². The molecule has 1 aliphatic heterocycles. The van der Waals surface area contributed by atoms with Gasteiger partial charge in [0.15, 0.2) is 35.0 Å². The lowest BCUT2D eigenvalue weighted by Crippen LogP contribution is -2.43. The van der Waals surface area contributed by atoms with E-state index in [0.717, 1.165) is 6.92 Å². The number of aromatic nitrogens is 4. The molecule has 3 N–H and O–H groups in total. The monoisotopic (exact) mass is 398 g/mol. The second-order valence-electron chi connectivity index (χ2n) is 7.28. The normalized spacial score (nSPS) is 30.2. The van der Waals surface area contributed by atoms with Gasteiger partial charge in [-0.1, -0.05) is 20.8 Å². The summed E-state index contributed by atoms with van der Waals surface area (Å²) in [4.78, 5) is 24.6. The fraction of sp³-hybridized carbons (Fsp3) is 0.647. The van der Waals surface area contributed by atoms with E-state index < -0.39 is 23.9 Å². The number of aliphatic hydroxyl groups is 1. The fourth-order valence-corrected chi connectivity index (χ4v) is 3.10. The van der Waals surface area contributed by atoms with Crippen LogP contribution in [0, 0.1) is 5.92 Å². The maximum Gasteiger partial charge on any atom is 0.240 e. The number of aliphatic hydroxyl groups excluding tert-OH is 1. The Morgan fingerprint density at radius 1 is 1.43 bits per heavy atom. The Hall–Kier alpha value is -2.40. The first kappa shape index (κ1) is 20.3. The number of fused-ring (bicyclic) bond motifs is 1. The number of carbonyl (C=O) groups excluding carboxylic acids is 1. The van der Waals surface area contributed by atoms with Crippen molar-refractivity contribution in [3.63, 3.8) is 0 Å². The summed E-state index contributed by atoms with van der Waals surface area (Å²) in [6.45, 7) is 5.94. The van der Waals surface area contributed by atoms with Crippen LogP contribution in [0.3, 0.4) is 0 Å². The molecule has 4 atom stereocenters. The average Bonchev–Trinajstić information content (AvgIpc) is 3.14. The van der Waals surface area contributed by atoms with E-state index in [1.165, 1.54) is 17.8 Å². The molecule has 2 aromatic heterocycles. The van der Waals surface area contributed by atoms with Crippen LogP contribution in [0.2, 0.25) is 0 Å². The topological polar surface area (TPSA) is 114 Å². The lowest BCUT2D eigenvalue weighted by Gasteiger charge is -2.24. The van der Waals surface area contributed by atoms with Crippen molar-refractivity contribution in [1.82, 2.24) is 19.5 Å². The van der Waals surface area contributed by atoms with E-state index in [1.807, 2.05) is 0 Å². The van der Waals surface area contributed by atoms with E-state index in [4.69, 9.17) is 4.74 Å². The number of halogens is 2. The van der Waals surface area contributed by atoms with E-state index in [1.54, 1.807) is 20.9 Å². The highest BCUT2D eigenvalue weighted by Gasteiger charge is 2.63. The molecule has 28 heavy (non-hydrogen) atoms. The Balaban J connectivity index is 2.11. The van der Waals surface area contributed by atoms with Gasteiger partial charge in [-0.05, 0) is 6.92 Å². The molecule has 2 aromatic rings. The summed E-state index contributed by atoms with van der Waals surface area (Å²) in [6, 6.07) is 0.